The summed E-state index contributed by atoms with van der Waals surface area (Å²) in [6.07, 6.45) is 1.60. The minimum absolute atomic E-state index is 0.0745. The molecule has 2 aromatic carbocycles. The van der Waals surface area contributed by atoms with Gasteiger partial charge in [-0.25, -0.2) is 9.79 Å². The second kappa shape index (κ2) is 9.36. The molecule has 0 spiro atoms. The Morgan fingerprint density at radius 1 is 1.30 bits per heavy atom. The van der Waals surface area contributed by atoms with Gasteiger partial charge in [0.1, 0.15) is 0 Å². The van der Waals surface area contributed by atoms with Gasteiger partial charge in [0.05, 0.1) is 35.6 Å². The van der Waals surface area contributed by atoms with Crippen LogP contribution in [-0.4, -0.2) is 29.4 Å². The molecule has 1 N–H and O–H groups in total. The highest BCUT2D eigenvalue weighted by molar-refractivity contribution is 9.10. The summed E-state index contributed by atoms with van der Waals surface area (Å²) >= 11 is 4.58. The standard InChI is InChI=1S/C24H21BrN2O5S/c1-4-32-23(30)19-13(2)26-24-27(20(19)14-8-6-5-7-9-14)22(29)18(33-24)11-15-10-16(25)12-17(31-3)21(15)28/h5-12,20,28H,4H2,1-3H3/b18-11+. The van der Waals surface area contributed by atoms with Crippen molar-refractivity contribution in [1.82, 2.24) is 4.57 Å². The van der Waals surface area contributed by atoms with E-state index in [1.54, 1.807) is 32.1 Å². The number of esters is 1. The molecule has 3 aromatic rings. The molecule has 2 heterocycles. The van der Waals surface area contributed by atoms with E-state index < -0.39 is 12.0 Å². The topological polar surface area (TPSA) is 90.1 Å². The maximum Gasteiger partial charge on any atom is 0.338 e. The second-order valence-electron chi connectivity index (χ2n) is 7.26. The van der Waals surface area contributed by atoms with Crippen LogP contribution in [0.2, 0.25) is 0 Å². The Bertz CT molecular complexity index is 1440. The maximum atomic E-state index is 13.6. The Morgan fingerprint density at radius 3 is 2.70 bits per heavy atom. The van der Waals surface area contributed by atoms with Crippen molar-refractivity contribution in [3.63, 3.8) is 0 Å². The number of carbonyl (C=O) groups is 1. The number of aromatic hydroxyl groups is 1. The van der Waals surface area contributed by atoms with Crippen LogP contribution in [0.3, 0.4) is 0 Å². The summed E-state index contributed by atoms with van der Waals surface area (Å²) in [7, 11) is 1.46. The zero-order valence-electron chi connectivity index (χ0n) is 18.2. The lowest BCUT2D eigenvalue weighted by molar-refractivity contribution is -0.139. The van der Waals surface area contributed by atoms with Crippen molar-refractivity contribution < 1.29 is 19.4 Å². The fourth-order valence-corrected chi connectivity index (χ4v) is 5.24. The number of phenolic OH excluding ortho intramolecular Hbond substituents is 1. The quantitative estimate of drug-likeness (QED) is 0.513. The third-order valence-corrected chi connectivity index (χ3v) is 6.65. The number of phenols is 1. The van der Waals surface area contributed by atoms with E-state index in [1.807, 2.05) is 30.3 Å². The van der Waals surface area contributed by atoms with Crippen molar-refractivity contribution >= 4 is 39.3 Å². The zero-order valence-corrected chi connectivity index (χ0v) is 20.6. The number of rotatable bonds is 5. The SMILES string of the molecule is CCOC(=O)C1=C(C)N=c2s/c(=C/c3cc(Br)cc(OC)c3O)c(=O)n2C1c1ccccc1. The summed E-state index contributed by atoms with van der Waals surface area (Å²) in [4.78, 5) is 31.4. The van der Waals surface area contributed by atoms with Gasteiger partial charge < -0.3 is 14.6 Å². The van der Waals surface area contributed by atoms with Gasteiger partial charge in [-0.2, -0.15) is 0 Å². The van der Waals surface area contributed by atoms with Crippen LogP contribution in [0.25, 0.3) is 6.08 Å². The second-order valence-corrected chi connectivity index (χ2v) is 9.18. The molecule has 0 saturated carbocycles. The van der Waals surface area contributed by atoms with Crippen LogP contribution in [-0.2, 0) is 9.53 Å². The number of thiazole rings is 1. The average molecular weight is 529 g/mol. The minimum atomic E-state index is -0.672. The summed E-state index contributed by atoms with van der Waals surface area (Å²) < 4.78 is 13.1. The number of carbonyl (C=O) groups excluding carboxylic acids is 1. The number of hydrogen-bond acceptors (Lipinski definition) is 7. The van der Waals surface area contributed by atoms with Gasteiger partial charge in [-0.3, -0.25) is 9.36 Å². The van der Waals surface area contributed by atoms with E-state index in [-0.39, 0.29) is 23.7 Å². The van der Waals surface area contributed by atoms with Gasteiger partial charge in [-0.05, 0) is 37.6 Å². The molecule has 7 nitrogen and oxygen atoms in total. The molecule has 1 aliphatic heterocycles. The Hall–Kier alpha value is -3.17. The van der Waals surface area contributed by atoms with Crippen LogP contribution in [0.4, 0.5) is 0 Å². The first-order chi connectivity index (χ1) is 15.8. The van der Waals surface area contributed by atoms with Crippen LogP contribution in [0, 0.1) is 0 Å². The molecule has 0 saturated heterocycles. The third-order valence-electron chi connectivity index (χ3n) is 5.21. The number of benzene rings is 2. The monoisotopic (exact) mass is 528 g/mol. The lowest BCUT2D eigenvalue weighted by atomic mass is 9.96. The third kappa shape index (κ3) is 4.26. The van der Waals surface area contributed by atoms with E-state index in [2.05, 4.69) is 20.9 Å². The van der Waals surface area contributed by atoms with Crippen LogP contribution in [0.15, 0.2) is 68.0 Å². The fourth-order valence-electron chi connectivity index (χ4n) is 3.74. The predicted molar refractivity (Wildman–Crippen MR) is 129 cm³/mol. The maximum absolute atomic E-state index is 13.6. The molecule has 1 aromatic heterocycles. The molecule has 1 atom stereocenters. The average Bonchev–Trinajstić information content (AvgIpc) is 3.10. The van der Waals surface area contributed by atoms with Gasteiger partial charge in [0.2, 0.25) is 0 Å². The largest absolute Gasteiger partial charge is 0.504 e. The molecular formula is C24H21BrN2O5S. The normalized spacial score (nSPS) is 15.8. The summed E-state index contributed by atoms with van der Waals surface area (Å²) in [6.45, 7) is 3.69. The number of nitrogens with zero attached hydrogens (tertiary/aromatic N) is 2. The molecule has 170 valence electrons. The highest BCUT2D eigenvalue weighted by Gasteiger charge is 2.33. The molecular weight excluding hydrogens is 508 g/mol. The summed E-state index contributed by atoms with van der Waals surface area (Å²) in [5.41, 5.74) is 1.70. The van der Waals surface area contributed by atoms with Gasteiger partial charge >= 0.3 is 5.97 Å². The first-order valence-electron chi connectivity index (χ1n) is 10.2. The lowest BCUT2D eigenvalue weighted by Crippen LogP contribution is -2.39. The molecule has 0 bridgehead atoms. The van der Waals surface area contributed by atoms with E-state index in [0.29, 0.717) is 30.6 Å². The molecule has 0 radical (unpaired) electrons. The minimum Gasteiger partial charge on any atom is -0.504 e. The van der Waals surface area contributed by atoms with Gasteiger partial charge in [0, 0.05) is 10.0 Å². The number of methoxy groups -OCH3 is 1. The number of aromatic nitrogens is 1. The molecule has 9 heteroatoms. The highest BCUT2D eigenvalue weighted by atomic mass is 79.9. The highest BCUT2D eigenvalue weighted by Crippen LogP contribution is 2.34. The van der Waals surface area contributed by atoms with Crippen molar-refractivity contribution in [3.8, 4) is 11.5 Å². The smallest absolute Gasteiger partial charge is 0.338 e. The van der Waals surface area contributed by atoms with Crippen LogP contribution < -0.4 is 19.6 Å². The Labute approximate surface area is 202 Å². The van der Waals surface area contributed by atoms with Gasteiger partial charge in [-0.1, -0.05) is 57.6 Å². The van der Waals surface area contributed by atoms with Crippen molar-refractivity contribution in [3.05, 3.63) is 89.0 Å². The van der Waals surface area contributed by atoms with Crippen LogP contribution in [0.1, 0.15) is 31.0 Å². The van der Waals surface area contributed by atoms with Gasteiger partial charge in [0.15, 0.2) is 16.3 Å². The fraction of sp³-hybridized carbons (Fsp3) is 0.208. The summed E-state index contributed by atoms with van der Waals surface area (Å²) in [6, 6.07) is 12.0. The first-order valence-corrected chi connectivity index (χ1v) is 11.8. The number of fused-ring (bicyclic) bond motifs is 1. The van der Waals surface area contributed by atoms with Crippen molar-refractivity contribution in [1.29, 1.82) is 0 Å². The van der Waals surface area contributed by atoms with E-state index in [4.69, 9.17) is 9.47 Å². The summed E-state index contributed by atoms with van der Waals surface area (Å²) in [5, 5.41) is 10.5. The van der Waals surface area contributed by atoms with Gasteiger partial charge in [0.25, 0.3) is 5.56 Å². The first kappa shape index (κ1) is 23.0. The van der Waals surface area contributed by atoms with Crippen molar-refractivity contribution in [2.24, 2.45) is 4.99 Å². The Kier molecular flexibility index (Phi) is 6.53. The lowest BCUT2D eigenvalue weighted by Gasteiger charge is -2.24. The zero-order chi connectivity index (χ0) is 23.7. The number of halogens is 1. The van der Waals surface area contributed by atoms with E-state index >= 15 is 0 Å². The molecule has 33 heavy (non-hydrogen) atoms. The molecule has 0 fully saturated rings. The Morgan fingerprint density at radius 2 is 2.03 bits per heavy atom. The molecule has 1 unspecified atom stereocenters. The molecule has 0 aliphatic carbocycles. The number of ether oxygens (including phenoxy) is 2. The predicted octanol–water partition coefficient (Wildman–Crippen LogP) is 3.28. The van der Waals surface area contributed by atoms with E-state index in [9.17, 15) is 14.7 Å². The number of hydrogen-bond donors (Lipinski definition) is 1. The van der Waals surface area contributed by atoms with Crippen molar-refractivity contribution in [2.45, 2.75) is 19.9 Å². The van der Waals surface area contributed by atoms with Crippen LogP contribution in [0.5, 0.6) is 11.5 Å². The Balaban J connectivity index is 1.97. The van der Waals surface area contributed by atoms with Gasteiger partial charge in [-0.15, -0.1) is 0 Å². The van der Waals surface area contributed by atoms with E-state index in [0.717, 1.165) is 5.56 Å². The molecule has 1 aliphatic rings. The summed E-state index contributed by atoms with van der Waals surface area (Å²) in [5.74, 6) is -0.295. The number of allylic oxidation sites excluding steroid dienone is 1. The molecule has 4 rings (SSSR count). The van der Waals surface area contributed by atoms with E-state index in [1.165, 1.54) is 23.0 Å². The molecule has 0 amide bonds. The van der Waals surface area contributed by atoms with Crippen LogP contribution >= 0.6 is 27.3 Å². The van der Waals surface area contributed by atoms with Crippen molar-refractivity contribution in [2.75, 3.05) is 13.7 Å².